The number of benzene rings is 1. The highest BCUT2D eigenvalue weighted by Crippen LogP contribution is 2.35. The van der Waals surface area contributed by atoms with Gasteiger partial charge in [-0.1, -0.05) is 18.2 Å². The van der Waals surface area contributed by atoms with Gasteiger partial charge in [0, 0.05) is 40.3 Å². The average Bonchev–Trinajstić information content (AvgIpc) is 3.18. The molecule has 5 nitrogen and oxygen atoms in total. The monoisotopic (exact) mass is 318 g/mol. The van der Waals surface area contributed by atoms with Crippen molar-refractivity contribution in [1.82, 2.24) is 19.5 Å². The molecule has 0 amide bonds. The van der Waals surface area contributed by atoms with Crippen molar-refractivity contribution >= 4 is 27.7 Å². The highest BCUT2D eigenvalue weighted by atomic mass is 16.1. The van der Waals surface area contributed by atoms with Crippen LogP contribution in [0.2, 0.25) is 0 Å². The lowest BCUT2D eigenvalue weighted by Gasteiger charge is -2.13. The molecule has 0 fully saturated rings. The minimum absolute atomic E-state index is 0.0750. The van der Waals surface area contributed by atoms with Crippen molar-refractivity contribution in [2.75, 3.05) is 0 Å². The normalized spacial score (nSPS) is 11.7. The van der Waals surface area contributed by atoms with Gasteiger partial charge in [-0.25, -0.2) is 9.97 Å². The molecular weight excluding hydrogens is 300 g/mol. The van der Waals surface area contributed by atoms with Crippen LogP contribution in [0.4, 0.5) is 0 Å². The van der Waals surface area contributed by atoms with Crippen LogP contribution < -0.4 is 0 Å². The van der Waals surface area contributed by atoms with Crippen LogP contribution in [0.5, 0.6) is 0 Å². The third-order valence-electron chi connectivity index (χ3n) is 4.40. The van der Waals surface area contributed by atoms with Crippen LogP contribution in [0.3, 0.4) is 0 Å². The highest BCUT2D eigenvalue weighted by Gasteiger charge is 2.19. The molecule has 0 bridgehead atoms. The van der Waals surface area contributed by atoms with E-state index in [0.29, 0.717) is 0 Å². The largest absolute Gasteiger partial charge is 0.346 e. The number of Topliss-reactive ketones (excluding diaryl/α,β-unsaturated/α-hetero) is 1. The summed E-state index contributed by atoms with van der Waals surface area (Å²) in [6.45, 7) is 5.85. The van der Waals surface area contributed by atoms with E-state index in [1.165, 1.54) is 0 Å². The Kier molecular flexibility index (Phi) is 3.23. The van der Waals surface area contributed by atoms with Crippen LogP contribution in [0.15, 0.2) is 43.0 Å². The van der Waals surface area contributed by atoms with E-state index in [1.54, 1.807) is 13.3 Å². The molecule has 0 atom stereocenters. The van der Waals surface area contributed by atoms with E-state index in [2.05, 4.69) is 39.4 Å². The molecule has 24 heavy (non-hydrogen) atoms. The second-order valence-corrected chi connectivity index (χ2v) is 6.26. The summed E-state index contributed by atoms with van der Waals surface area (Å²) in [6, 6.07) is 8.27. The fourth-order valence-corrected chi connectivity index (χ4v) is 3.28. The lowest BCUT2D eigenvalue weighted by Crippen LogP contribution is -2.00. The molecule has 5 heteroatoms. The first kappa shape index (κ1) is 14.6. The molecule has 0 saturated heterocycles. The van der Waals surface area contributed by atoms with E-state index >= 15 is 0 Å². The van der Waals surface area contributed by atoms with Gasteiger partial charge in [-0.15, -0.1) is 0 Å². The number of carbonyl (C=O) groups is 1. The number of hydrogen-bond donors (Lipinski definition) is 1. The van der Waals surface area contributed by atoms with Crippen molar-refractivity contribution in [3.8, 4) is 11.3 Å². The lowest BCUT2D eigenvalue weighted by molar-refractivity contribution is 0.101. The molecule has 3 aromatic heterocycles. The Balaban J connectivity index is 2.13. The van der Waals surface area contributed by atoms with E-state index < -0.39 is 0 Å². The lowest BCUT2D eigenvalue weighted by atomic mass is 10.0. The molecule has 0 saturated carbocycles. The Morgan fingerprint density at radius 3 is 2.75 bits per heavy atom. The summed E-state index contributed by atoms with van der Waals surface area (Å²) >= 11 is 0. The maximum atomic E-state index is 12.1. The van der Waals surface area contributed by atoms with Crippen molar-refractivity contribution in [2.24, 2.45) is 0 Å². The van der Waals surface area contributed by atoms with Gasteiger partial charge < -0.3 is 9.55 Å². The molecule has 3 heterocycles. The second kappa shape index (κ2) is 5.30. The SMILES string of the molecule is CC(=O)c1cn(C(C)C)c2c(-c3ncnc4[nH]ccc34)cccc12. The van der Waals surface area contributed by atoms with Crippen LogP contribution in [0, 0.1) is 0 Å². The number of fused-ring (bicyclic) bond motifs is 2. The molecule has 0 aliphatic heterocycles. The molecule has 4 aromatic rings. The minimum atomic E-state index is 0.0750. The molecule has 4 rings (SSSR count). The van der Waals surface area contributed by atoms with Gasteiger partial charge in [0.15, 0.2) is 5.78 Å². The first-order chi connectivity index (χ1) is 11.6. The number of ketones is 1. The molecule has 0 radical (unpaired) electrons. The van der Waals surface area contributed by atoms with Crippen molar-refractivity contribution in [3.63, 3.8) is 0 Å². The van der Waals surface area contributed by atoms with E-state index in [0.717, 1.165) is 38.8 Å². The summed E-state index contributed by atoms with van der Waals surface area (Å²) in [6.07, 6.45) is 5.39. The van der Waals surface area contributed by atoms with Gasteiger partial charge in [0.2, 0.25) is 0 Å². The summed E-state index contributed by atoms with van der Waals surface area (Å²) in [4.78, 5) is 24.0. The molecule has 0 spiro atoms. The summed E-state index contributed by atoms with van der Waals surface area (Å²) in [5.74, 6) is 0.0750. The Morgan fingerprint density at radius 2 is 2.00 bits per heavy atom. The topological polar surface area (TPSA) is 63.6 Å². The van der Waals surface area contributed by atoms with Gasteiger partial charge in [-0.05, 0) is 26.8 Å². The Hall–Kier alpha value is -2.95. The maximum absolute atomic E-state index is 12.1. The fourth-order valence-electron chi connectivity index (χ4n) is 3.28. The summed E-state index contributed by atoms with van der Waals surface area (Å²) < 4.78 is 2.15. The molecule has 0 aliphatic carbocycles. The number of aromatic nitrogens is 4. The van der Waals surface area contributed by atoms with Crippen LogP contribution in [0.25, 0.3) is 33.2 Å². The summed E-state index contributed by atoms with van der Waals surface area (Å²) in [7, 11) is 0. The van der Waals surface area contributed by atoms with Gasteiger partial charge >= 0.3 is 0 Å². The number of para-hydroxylation sites is 1. The number of hydrogen-bond acceptors (Lipinski definition) is 3. The Labute approximate surface area is 139 Å². The first-order valence-electron chi connectivity index (χ1n) is 8.01. The quantitative estimate of drug-likeness (QED) is 0.571. The summed E-state index contributed by atoms with van der Waals surface area (Å²) in [5.41, 5.74) is 4.49. The van der Waals surface area contributed by atoms with E-state index in [4.69, 9.17) is 0 Å². The molecule has 0 aliphatic rings. The third-order valence-corrected chi connectivity index (χ3v) is 4.40. The van der Waals surface area contributed by atoms with Crippen LogP contribution >= 0.6 is 0 Å². The first-order valence-corrected chi connectivity index (χ1v) is 8.01. The number of carbonyl (C=O) groups excluding carboxylic acids is 1. The molecular formula is C19H18N4O. The van der Waals surface area contributed by atoms with Gasteiger partial charge in [0.25, 0.3) is 0 Å². The number of H-pyrrole nitrogens is 1. The highest BCUT2D eigenvalue weighted by molar-refractivity contribution is 6.11. The molecule has 120 valence electrons. The summed E-state index contributed by atoms with van der Waals surface area (Å²) in [5, 5.41) is 1.95. The van der Waals surface area contributed by atoms with E-state index in [9.17, 15) is 4.79 Å². The Morgan fingerprint density at radius 1 is 1.17 bits per heavy atom. The minimum Gasteiger partial charge on any atom is -0.346 e. The van der Waals surface area contributed by atoms with Crippen LogP contribution in [-0.4, -0.2) is 25.3 Å². The predicted molar refractivity (Wildman–Crippen MR) is 95.2 cm³/mol. The van der Waals surface area contributed by atoms with Crippen molar-refractivity contribution in [1.29, 1.82) is 0 Å². The zero-order valence-corrected chi connectivity index (χ0v) is 13.9. The van der Waals surface area contributed by atoms with Gasteiger partial charge in [0.05, 0.1) is 11.2 Å². The van der Waals surface area contributed by atoms with Crippen molar-refractivity contribution in [2.45, 2.75) is 26.8 Å². The zero-order valence-electron chi connectivity index (χ0n) is 13.9. The zero-order chi connectivity index (χ0) is 16.8. The number of nitrogens with one attached hydrogen (secondary N) is 1. The molecule has 1 N–H and O–H groups in total. The fraction of sp³-hybridized carbons (Fsp3) is 0.211. The smallest absolute Gasteiger partial charge is 0.161 e. The van der Waals surface area contributed by atoms with Crippen molar-refractivity contribution in [3.05, 3.63) is 48.5 Å². The standard InChI is InChI=1S/C19H18N4O/c1-11(2)23-9-16(12(3)24)13-5-4-6-14(18(13)23)17-15-7-8-20-19(15)22-10-21-17/h4-11H,1-3H3,(H,20,21,22). The van der Waals surface area contributed by atoms with Crippen molar-refractivity contribution < 1.29 is 4.79 Å². The van der Waals surface area contributed by atoms with Gasteiger partial charge in [-0.2, -0.15) is 0 Å². The van der Waals surface area contributed by atoms with Gasteiger partial charge in [-0.3, -0.25) is 4.79 Å². The predicted octanol–water partition coefficient (Wildman–Crippen LogP) is 4.36. The molecule has 0 unspecified atom stereocenters. The third kappa shape index (κ3) is 2.05. The second-order valence-electron chi connectivity index (χ2n) is 6.26. The number of nitrogens with zero attached hydrogens (tertiary/aromatic N) is 3. The van der Waals surface area contributed by atoms with Crippen LogP contribution in [-0.2, 0) is 0 Å². The van der Waals surface area contributed by atoms with E-state index in [-0.39, 0.29) is 11.8 Å². The molecule has 1 aromatic carbocycles. The van der Waals surface area contributed by atoms with Crippen LogP contribution in [0.1, 0.15) is 37.2 Å². The average molecular weight is 318 g/mol. The van der Waals surface area contributed by atoms with E-state index in [1.807, 2.05) is 30.6 Å². The van der Waals surface area contributed by atoms with Gasteiger partial charge in [0.1, 0.15) is 12.0 Å². The Bertz CT molecular complexity index is 1070. The number of rotatable bonds is 3. The number of aromatic amines is 1. The maximum Gasteiger partial charge on any atom is 0.161 e.